The van der Waals surface area contributed by atoms with Gasteiger partial charge in [-0.3, -0.25) is 0 Å². The SMILES string of the molecule is C[Si](N([Si])[N+](=O)[O-])N([Si])[N+](=O)[O-]. The molecule has 0 heterocycles. The lowest BCUT2D eigenvalue weighted by molar-refractivity contribution is -0.621. The molecule has 0 aromatic heterocycles. The fourth-order valence-electron chi connectivity index (χ4n) is 0.326. The van der Waals surface area contributed by atoms with Crippen LogP contribution in [-0.2, 0) is 0 Å². The Kier molecular flexibility index (Phi) is 3.84. The Balaban J connectivity index is 4.28. The molecule has 0 aliphatic carbocycles. The minimum atomic E-state index is -2.05. The molecule has 0 aliphatic heterocycles. The number of hydrogen-bond acceptors (Lipinski definition) is 4. The van der Waals surface area contributed by atoms with Crippen LogP contribution in [0, 0.1) is 20.2 Å². The molecule has 0 unspecified atom stereocenters. The van der Waals surface area contributed by atoms with Gasteiger partial charge in [0.25, 0.3) is 20.8 Å². The van der Waals surface area contributed by atoms with E-state index < -0.39 is 19.2 Å². The predicted octanol–water partition coefficient (Wildman–Crippen LogP) is -1.74. The zero-order chi connectivity index (χ0) is 9.89. The van der Waals surface area contributed by atoms with Gasteiger partial charge in [-0.25, -0.2) is 20.2 Å². The fraction of sp³-hybridized carbons (Fsp3) is 1.00. The van der Waals surface area contributed by atoms with Crippen molar-refractivity contribution in [3.63, 3.8) is 0 Å². The highest BCUT2D eigenvalue weighted by molar-refractivity contribution is 6.60. The van der Waals surface area contributed by atoms with Gasteiger partial charge in [-0.1, -0.05) is 0 Å². The molecule has 11 heteroatoms. The summed E-state index contributed by atoms with van der Waals surface area (Å²) >= 11 is 0. The van der Waals surface area contributed by atoms with Crippen molar-refractivity contribution in [1.82, 2.24) is 8.68 Å². The lowest BCUT2D eigenvalue weighted by Crippen LogP contribution is -2.53. The molecular weight excluding hydrogens is 216 g/mol. The van der Waals surface area contributed by atoms with Crippen LogP contribution >= 0.6 is 0 Å². The highest BCUT2D eigenvalue weighted by atomic mass is 28.3. The lowest BCUT2D eigenvalue weighted by Gasteiger charge is -2.17. The van der Waals surface area contributed by atoms with E-state index in [1.807, 2.05) is 0 Å². The summed E-state index contributed by atoms with van der Waals surface area (Å²) in [5.41, 5.74) is 0. The van der Waals surface area contributed by atoms with E-state index >= 15 is 0 Å². The van der Waals surface area contributed by atoms with E-state index in [0.717, 1.165) is 0 Å². The molecule has 8 nitrogen and oxygen atoms in total. The number of nitrogens with zero attached hydrogens (tertiary/aromatic N) is 4. The predicted molar refractivity (Wildman–Crippen MR) is 40.8 cm³/mol. The van der Waals surface area contributed by atoms with Crippen molar-refractivity contribution in [2.45, 2.75) is 6.55 Å². The van der Waals surface area contributed by atoms with Crippen LogP contribution in [0.25, 0.3) is 0 Å². The molecule has 0 N–H and O–H groups in total. The van der Waals surface area contributed by atoms with E-state index in [1.165, 1.54) is 6.55 Å². The van der Waals surface area contributed by atoms with E-state index in [4.69, 9.17) is 0 Å². The van der Waals surface area contributed by atoms with Crippen molar-refractivity contribution < 1.29 is 10.1 Å². The second kappa shape index (κ2) is 4.17. The third-order valence-corrected chi connectivity index (χ3v) is 4.76. The van der Waals surface area contributed by atoms with Gasteiger partial charge in [-0.2, -0.15) is 8.68 Å². The molecule has 0 fully saturated rings. The molecular formula is CH3N4O4Si3. The van der Waals surface area contributed by atoms with Crippen molar-refractivity contribution in [1.29, 1.82) is 0 Å². The van der Waals surface area contributed by atoms with Crippen LogP contribution in [0.5, 0.6) is 0 Å². The first kappa shape index (κ1) is 11.1. The largest absolute Gasteiger partial charge is 0.411 e. The van der Waals surface area contributed by atoms with Crippen molar-refractivity contribution in [2.24, 2.45) is 0 Å². The number of hydrogen-bond donors (Lipinski definition) is 0. The molecule has 0 rings (SSSR count). The molecule has 12 heavy (non-hydrogen) atoms. The van der Waals surface area contributed by atoms with Crippen LogP contribution in [0.4, 0.5) is 0 Å². The van der Waals surface area contributed by atoms with Crippen molar-refractivity contribution >= 4 is 29.9 Å². The van der Waals surface area contributed by atoms with Crippen LogP contribution in [0.1, 0.15) is 0 Å². The second-order valence-corrected chi connectivity index (χ2v) is 5.33. The van der Waals surface area contributed by atoms with Gasteiger partial charge in [0.15, 0.2) is 0 Å². The summed E-state index contributed by atoms with van der Waals surface area (Å²) < 4.78 is 1.03. The quantitative estimate of drug-likeness (QED) is 0.316. The first-order chi connectivity index (χ1) is 5.37. The summed E-state index contributed by atoms with van der Waals surface area (Å²) in [7, 11) is 3.21. The molecule has 0 saturated carbocycles. The number of hydrazine groups is 2. The maximum Gasteiger partial charge on any atom is 0.411 e. The van der Waals surface area contributed by atoms with Crippen molar-refractivity contribution in [3.05, 3.63) is 20.2 Å². The van der Waals surface area contributed by atoms with Crippen LogP contribution in [0.3, 0.4) is 0 Å². The molecule has 0 atom stereocenters. The number of nitro groups is 2. The average Bonchev–Trinajstić information content (AvgIpc) is 2.00. The zero-order valence-electron chi connectivity index (χ0n) is 5.92. The first-order valence-corrected chi connectivity index (χ1v) is 5.31. The standard InChI is InChI=1S/CH3N4O4Si3/c1-12(4(10)2(6)7)5(11)3(8)9/h1H3. The Hall–Kier alpha value is -0.949. The fourth-order valence-corrected chi connectivity index (χ4v) is 1.85. The van der Waals surface area contributed by atoms with Crippen LogP contribution < -0.4 is 0 Å². The average molecular weight is 219 g/mol. The van der Waals surface area contributed by atoms with E-state index in [0.29, 0.717) is 8.68 Å². The van der Waals surface area contributed by atoms with Crippen molar-refractivity contribution in [2.75, 3.05) is 0 Å². The molecule has 0 aliphatic rings. The molecule has 7 radical (unpaired) electrons. The number of rotatable bonds is 4. The summed E-state index contributed by atoms with van der Waals surface area (Å²) in [6.45, 7) is 1.37. The second-order valence-electron chi connectivity index (χ2n) is 1.65. The molecule has 0 saturated heterocycles. The van der Waals surface area contributed by atoms with Gasteiger partial charge in [0.2, 0.25) is 0 Å². The van der Waals surface area contributed by atoms with Gasteiger partial charge in [0.05, 0.1) is 0 Å². The Morgan fingerprint density at radius 3 is 1.58 bits per heavy atom. The Bertz CT molecular complexity index is 179. The molecule has 0 bridgehead atoms. The smallest absolute Gasteiger partial charge is 0.236 e. The van der Waals surface area contributed by atoms with E-state index in [2.05, 4.69) is 20.8 Å². The van der Waals surface area contributed by atoms with Gasteiger partial charge in [-0.15, -0.1) is 0 Å². The van der Waals surface area contributed by atoms with Crippen LogP contribution in [-0.4, -0.2) is 48.7 Å². The van der Waals surface area contributed by atoms with Gasteiger partial charge < -0.3 is 0 Å². The van der Waals surface area contributed by atoms with Gasteiger partial charge >= 0.3 is 9.12 Å². The van der Waals surface area contributed by atoms with E-state index in [1.54, 1.807) is 0 Å². The maximum atomic E-state index is 10.1. The van der Waals surface area contributed by atoms with Gasteiger partial charge in [0.1, 0.15) is 10.1 Å². The van der Waals surface area contributed by atoms with Crippen LogP contribution in [0.2, 0.25) is 6.55 Å². The summed E-state index contributed by atoms with van der Waals surface area (Å²) in [5.74, 6) is 0. The summed E-state index contributed by atoms with van der Waals surface area (Å²) in [5, 5.41) is 18.7. The summed E-state index contributed by atoms with van der Waals surface area (Å²) in [6.07, 6.45) is 0. The van der Waals surface area contributed by atoms with E-state index in [-0.39, 0.29) is 0 Å². The third kappa shape index (κ3) is 2.59. The third-order valence-electron chi connectivity index (χ3n) is 0.940. The molecule has 63 valence electrons. The van der Waals surface area contributed by atoms with Crippen molar-refractivity contribution in [3.8, 4) is 0 Å². The first-order valence-electron chi connectivity index (χ1n) is 2.52. The Morgan fingerprint density at radius 1 is 1.17 bits per heavy atom. The van der Waals surface area contributed by atoms with Gasteiger partial charge in [0, 0.05) is 0 Å². The monoisotopic (exact) mass is 219 g/mol. The Morgan fingerprint density at radius 2 is 1.42 bits per heavy atom. The minimum absolute atomic E-state index is 0.514. The molecule has 0 aromatic carbocycles. The molecule has 0 spiro atoms. The van der Waals surface area contributed by atoms with E-state index in [9.17, 15) is 20.2 Å². The normalized spacial score (nSPS) is 9.67. The Labute approximate surface area is 76.1 Å². The highest BCUT2D eigenvalue weighted by Crippen LogP contribution is 1.94. The zero-order valence-corrected chi connectivity index (χ0v) is 8.92. The molecule has 0 amide bonds. The summed E-state index contributed by atoms with van der Waals surface area (Å²) in [4.78, 5) is 20.2. The topological polar surface area (TPSA) is 92.8 Å². The van der Waals surface area contributed by atoms with Crippen LogP contribution in [0.15, 0.2) is 0 Å². The molecule has 0 aromatic rings. The van der Waals surface area contributed by atoms with Gasteiger partial charge in [-0.05, 0) is 6.55 Å². The highest BCUT2D eigenvalue weighted by Gasteiger charge is 2.32. The maximum absolute atomic E-state index is 10.1. The summed E-state index contributed by atoms with van der Waals surface area (Å²) in [6, 6.07) is 0. The lowest BCUT2D eigenvalue weighted by atomic mass is 11.9. The minimum Gasteiger partial charge on any atom is -0.236 e.